The van der Waals surface area contributed by atoms with Crippen LogP contribution in [0.25, 0.3) is 0 Å². The molecule has 0 fully saturated rings. The molecule has 0 aliphatic rings. The molecule has 1 nitrogen and oxygen atoms in total. The molecular weight excluding hydrogens is 202 g/mol. The van der Waals surface area contributed by atoms with Gasteiger partial charge in [-0.25, -0.2) is 0 Å². The molecule has 15 heavy (non-hydrogen) atoms. The van der Waals surface area contributed by atoms with Crippen molar-refractivity contribution in [3.8, 4) is 0 Å². The first kappa shape index (κ1) is 14.9. The standard InChI is InChI=1S/C13H27NS/c1-9-12(5,6)10(15)14-13(7,8)11(2,3)4/h9H2,1-8H3,(H,14,15). The van der Waals surface area contributed by atoms with Gasteiger partial charge in [-0.05, 0) is 25.7 Å². The van der Waals surface area contributed by atoms with Gasteiger partial charge in [-0.1, -0.05) is 53.8 Å². The van der Waals surface area contributed by atoms with E-state index in [0.29, 0.717) is 0 Å². The van der Waals surface area contributed by atoms with E-state index < -0.39 is 0 Å². The summed E-state index contributed by atoms with van der Waals surface area (Å²) in [5, 5.41) is 3.52. The van der Waals surface area contributed by atoms with Crippen molar-refractivity contribution in [2.45, 2.75) is 67.3 Å². The first-order chi connectivity index (χ1) is 6.44. The largest absolute Gasteiger partial charge is 0.374 e. The van der Waals surface area contributed by atoms with Gasteiger partial charge in [-0.2, -0.15) is 0 Å². The highest BCUT2D eigenvalue weighted by molar-refractivity contribution is 7.80. The average Bonchev–Trinajstić information content (AvgIpc) is 2.01. The summed E-state index contributed by atoms with van der Waals surface area (Å²) in [6.07, 6.45) is 1.07. The van der Waals surface area contributed by atoms with Gasteiger partial charge in [0.25, 0.3) is 0 Å². The van der Waals surface area contributed by atoms with E-state index in [1.54, 1.807) is 0 Å². The molecule has 0 aliphatic carbocycles. The summed E-state index contributed by atoms with van der Waals surface area (Å²) in [7, 11) is 0. The van der Waals surface area contributed by atoms with Crippen molar-refractivity contribution >= 4 is 17.2 Å². The fourth-order valence-electron chi connectivity index (χ4n) is 0.801. The van der Waals surface area contributed by atoms with E-state index in [1.165, 1.54) is 0 Å². The van der Waals surface area contributed by atoms with Gasteiger partial charge in [0.15, 0.2) is 0 Å². The Morgan fingerprint density at radius 3 is 1.67 bits per heavy atom. The molecule has 0 heterocycles. The summed E-state index contributed by atoms with van der Waals surface area (Å²) >= 11 is 5.50. The van der Waals surface area contributed by atoms with Crippen LogP contribution in [-0.4, -0.2) is 10.5 Å². The Morgan fingerprint density at radius 2 is 1.40 bits per heavy atom. The topological polar surface area (TPSA) is 12.0 Å². The predicted octanol–water partition coefficient (Wildman–Crippen LogP) is 4.16. The van der Waals surface area contributed by atoms with E-state index in [9.17, 15) is 0 Å². The van der Waals surface area contributed by atoms with Crippen LogP contribution in [0, 0.1) is 10.8 Å². The van der Waals surface area contributed by atoms with Crippen molar-refractivity contribution in [1.29, 1.82) is 0 Å². The molecule has 0 spiro atoms. The van der Waals surface area contributed by atoms with Crippen LogP contribution in [0.15, 0.2) is 0 Å². The van der Waals surface area contributed by atoms with Crippen LogP contribution in [0.3, 0.4) is 0 Å². The second-order valence-corrected chi connectivity index (χ2v) is 6.97. The Balaban J connectivity index is 4.70. The van der Waals surface area contributed by atoms with Gasteiger partial charge in [0.1, 0.15) is 0 Å². The lowest BCUT2D eigenvalue weighted by Crippen LogP contribution is -2.54. The van der Waals surface area contributed by atoms with Crippen LogP contribution in [-0.2, 0) is 0 Å². The normalized spacial score (nSPS) is 13.9. The Bertz CT molecular complexity index is 233. The lowest BCUT2D eigenvalue weighted by molar-refractivity contribution is 0.200. The zero-order chi connectivity index (χ0) is 12.5. The number of nitrogens with one attached hydrogen (secondary N) is 1. The van der Waals surface area contributed by atoms with Crippen LogP contribution < -0.4 is 5.32 Å². The minimum Gasteiger partial charge on any atom is -0.374 e. The van der Waals surface area contributed by atoms with Gasteiger partial charge in [-0.3, -0.25) is 0 Å². The molecule has 0 aromatic rings. The summed E-state index contributed by atoms with van der Waals surface area (Å²) in [5.74, 6) is 0. The lowest BCUT2D eigenvalue weighted by atomic mass is 9.75. The van der Waals surface area contributed by atoms with Crippen LogP contribution in [0.5, 0.6) is 0 Å². The molecule has 0 saturated carbocycles. The number of rotatable bonds is 3. The maximum absolute atomic E-state index is 5.50. The molecule has 0 atom stereocenters. The molecule has 1 N–H and O–H groups in total. The van der Waals surface area contributed by atoms with E-state index in [-0.39, 0.29) is 16.4 Å². The van der Waals surface area contributed by atoms with Crippen molar-refractivity contribution in [1.82, 2.24) is 5.32 Å². The van der Waals surface area contributed by atoms with E-state index in [2.05, 4.69) is 60.7 Å². The fourth-order valence-corrected chi connectivity index (χ4v) is 1.20. The maximum Gasteiger partial charge on any atom is 0.0814 e. The van der Waals surface area contributed by atoms with Crippen LogP contribution >= 0.6 is 12.2 Å². The summed E-state index contributed by atoms with van der Waals surface area (Å²) in [6.45, 7) is 17.7. The maximum atomic E-state index is 5.50. The minimum absolute atomic E-state index is 0.0243. The second kappa shape index (κ2) is 4.40. The van der Waals surface area contributed by atoms with Crippen molar-refractivity contribution in [2.75, 3.05) is 0 Å². The van der Waals surface area contributed by atoms with Gasteiger partial charge >= 0.3 is 0 Å². The quantitative estimate of drug-likeness (QED) is 0.729. The highest BCUT2D eigenvalue weighted by Gasteiger charge is 2.35. The van der Waals surface area contributed by atoms with Gasteiger partial charge in [0.2, 0.25) is 0 Å². The van der Waals surface area contributed by atoms with Crippen molar-refractivity contribution in [3.63, 3.8) is 0 Å². The first-order valence-electron chi connectivity index (χ1n) is 5.76. The third kappa shape index (κ3) is 3.75. The minimum atomic E-state index is 0.0243. The van der Waals surface area contributed by atoms with Gasteiger partial charge < -0.3 is 5.32 Å². The van der Waals surface area contributed by atoms with E-state index in [4.69, 9.17) is 12.2 Å². The SMILES string of the molecule is CCC(C)(C)C(=S)NC(C)(C)C(C)(C)C. The Labute approximate surface area is 101 Å². The van der Waals surface area contributed by atoms with Gasteiger partial charge in [-0.15, -0.1) is 0 Å². The zero-order valence-corrected chi connectivity index (χ0v) is 12.4. The number of hydrogen-bond donors (Lipinski definition) is 1. The van der Waals surface area contributed by atoms with Crippen molar-refractivity contribution < 1.29 is 0 Å². The summed E-state index contributed by atoms with van der Waals surface area (Å²) in [6, 6.07) is 0. The molecule has 0 bridgehead atoms. The molecular formula is C13H27NS. The molecule has 90 valence electrons. The molecule has 0 rings (SSSR count). The molecule has 0 aromatic heterocycles. The Kier molecular flexibility index (Phi) is 4.37. The second-order valence-electron chi connectivity index (χ2n) is 6.57. The lowest BCUT2D eigenvalue weighted by Gasteiger charge is -2.43. The molecule has 0 aromatic carbocycles. The zero-order valence-electron chi connectivity index (χ0n) is 11.6. The molecule has 0 radical (unpaired) electrons. The van der Waals surface area contributed by atoms with Gasteiger partial charge in [0.05, 0.1) is 4.99 Å². The molecule has 0 saturated heterocycles. The smallest absolute Gasteiger partial charge is 0.0814 e. The van der Waals surface area contributed by atoms with Crippen LogP contribution in [0.1, 0.15) is 61.8 Å². The first-order valence-corrected chi connectivity index (χ1v) is 6.17. The van der Waals surface area contributed by atoms with E-state index in [0.717, 1.165) is 11.4 Å². The van der Waals surface area contributed by atoms with E-state index >= 15 is 0 Å². The fraction of sp³-hybridized carbons (Fsp3) is 0.923. The Morgan fingerprint density at radius 1 is 1.00 bits per heavy atom. The highest BCUT2D eigenvalue weighted by atomic mass is 32.1. The molecule has 0 aliphatic heterocycles. The Hall–Kier alpha value is -0.110. The number of thiocarbonyl (C=S) groups is 1. The summed E-state index contributed by atoms with van der Waals surface area (Å²) < 4.78 is 0. The van der Waals surface area contributed by atoms with Gasteiger partial charge in [0, 0.05) is 11.0 Å². The van der Waals surface area contributed by atoms with Crippen molar-refractivity contribution in [2.24, 2.45) is 10.8 Å². The van der Waals surface area contributed by atoms with Crippen LogP contribution in [0.2, 0.25) is 0 Å². The molecule has 2 heteroatoms. The summed E-state index contributed by atoms with van der Waals surface area (Å²) in [5.41, 5.74) is 0.315. The monoisotopic (exact) mass is 229 g/mol. The third-order valence-corrected chi connectivity index (χ3v) is 4.45. The van der Waals surface area contributed by atoms with Crippen molar-refractivity contribution in [3.05, 3.63) is 0 Å². The van der Waals surface area contributed by atoms with E-state index in [1.807, 2.05) is 0 Å². The number of hydrogen-bond acceptors (Lipinski definition) is 1. The third-order valence-electron chi connectivity index (χ3n) is 3.80. The molecule has 0 unspecified atom stereocenters. The average molecular weight is 229 g/mol. The predicted molar refractivity (Wildman–Crippen MR) is 73.3 cm³/mol. The van der Waals surface area contributed by atoms with Crippen LogP contribution in [0.4, 0.5) is 0 Å². The summed E-state index contributed by atoms with van der Waals surface area (Å²) in [4.78, 5) is 0.977. The highest BCUT2D eigenvalue weighted by Crippen LogP contribution is 2.31. The molecule has 0 amide bonds.